The van der Waals surface area contributed by atoms with Crippen LogP contribution in [-0.2, 0) is 23.0 Å². The van der Waals surface area contributed by atoms with E-state index >= 15 is 0 Å². The second-order valence-electron chi connectivity index (χ2n) is 9.04. The monoisotopic (exact) mass is 404 g/mol. The summed E-state index contributed by atoms with van der Waals surface area (Å²) in [6, 6.07) is 1.87. The van der Waals surface area contributed by atoms with Crippen molar-refractivity contribution in [2.75, 3.05) is 19.6 Å². The molecule has 2 amide bonds. The zero-order valence-electron chi connectivity index (χ0n) is 18.4. The fourth-order valence-corrected chi connectivity index (χ4v) is 4.46. The smallest absolute Gasteiger partial charge is 0.269 e. The topological polar surface area (TPSA) is 76.5 Å². The zero-order valence-corrected chi connectivity index (χ0v) is 18.4. The molecule has 2 fully saturated rings. The zero-order chi connectivity index (χ0) is 21.0. The van der Waals surface area contributed by atoms with Crippen LogP contribution in [0.2, 0.25) is 0 Å². The SMILES string of the molecule is CCCc1cc(C(=O)NCC2CCC3(CCN(C(=O)CC(C)C)CC3)O2)n(C)n1. The molecule has 1 aromatic rings. The summed E-state index contributed by atoms with van der Waals surface area (Å²) in [5.41, 5.74) is 1.43. The Morgan fingerprint density at radius 3 is 2.69 bits per heavy atom. The maximum Gasteiger partial charge on any atom is 0.269 e. The van der Waals surface area contributed by atoms with Gasteiger partial charge in [-0.15, -0.1) is 0 Å². The average Bonchev–Trinajstić information content (AvgIpc) is 3.23. The summed E-state index contributed by atoms with van der Waals surface area (Å²) < 4.78 is 8.04. The van der Waals surface area contributed by atoms with Crippen molar-refractivity contribution in [2.24, 2.45) is 13.0 Å². The maximum absolute atomic E-state index is 12.5. The van der Waals surface area contributed by atoms with Gasteiger partial charge in [0.1, 0.15) is 5.69 Å². The highest BCUT2D eigenvalue weighted by atomic mass is 16.5. The molecule has 2 aliphatic rings. The Labute approximate surface area is 174 Å². The van der Waals surface area contributed by atoms with Crippen LogP contribution in [0.5, 0.6) is 0 Å². The normalized spacial score (nSPS) is 21.1. The Morgan fingerprint density at radius 1 is 1.31 bits per heavy atom. The number of ether oxygens (including phenoxy) is 1. The lowest BCUT2D eigenvalue weighted by molar-refractivity contribution is -0.138. The van der Waals surface area contributed by atoms with Gasteiger partial charge < -0.3 is 15.0 Å². The van der Waals surface area contributed by atoms with E-state index in [2.05, 4.69) is 31.2 Å². The van der Waals surface area contributed by atoms with Gasteiger partial charge in [-0.2, -0.15) is 5.10 Å². The maximum atomic E-state index is 12.5. The molecule has 7 heteroatoms. The summed E-state index contributed by atoms with van der Waals surface area (Å²) in [5.74, 6) is 0.558. The Morgan fingerprint density at radius 2 is 2.03 bits per heavy atom. The lowest BCUT2D eigenvalue weighted by Gasteiger charge is -2.39. The van der Waals surface area contributed by atoms with E-state index in [1.54, 1.807) is 4.68 Å². The van der Waals surface area contributed by atoms with E-state index in [0.717, 1.165) is 57.3 Å². The Kier molecular flexibility index (Phi) is 6.98. The van der Waals surface area contributed by atoms with Crippen LogP contribution in [0.15, 0.2) is 6.07 Å². The first kappa shape index (κ1) is 21.8. The number of rotatable bonds is 7. The summed E-state index contributed by atoms with van der Waals surface area (Å²) in [5, 5.41) is 7.42. The van der Waals surface area contributed by atoms with Crippen molar-refractivity contribution >= 4 is 11.8 Å². The van der Waals surface area contributed by atoms with Gasteiger partial charge in [0.15, 0.2) is 0 Å². The van der Waals surface area contributed by atoms with Crippen LogP contribution in [0, 0.1) is 5.92 Å². The number of nitrogens with zero attached hydrogens (tertiary/aromatic N) is 3. The number of piperidine rings is 1. The van der Waals surface area contributed by atoms with Crippen molar-refractivity contribution in [3.8, 4) is 0 Å². The molecule has 0 aromatic carbocycles. The molecule has 0 saturated carbocycles. The quantitative estimate of drug-likeness (QED) is 0.758. The molecule has 1 N–H and O–H groups in total. The molecule has 3 rings (SSSR count). The Balaban J connectivity index is 1.46. The molecule has 0 bridgehead atoms. The summed E-state index contributed by atoms with van der Waals surface area (Å²) in [4.78, 5) is 26.8. The van der Waals surface area contributed by atoms with E-state index < -0.39 is 0 Å². The number of hydrogen-bond acceptors (Lipinski definition) is 4. The van der Waals surface area contributed by atoms with E-state index in [-0.39, 0.29) is 23.5 Å². The molecule has 0 radical (unpaired) electrons. The lowest BCUT2D eigenvalue weighted by Crippen LogP contribution is -2.47. The van der Waals surface area contributed by atoms with Crippen LogP contribution in [0.3, 0.4) is 0 Å². The average molecular weight is 405 g/mol. The van der Waals surface area contributed by atoms with Gasteiger partial charge in [-0.05, 0) is 44.1 Å². The van der Waals surface area contributed by atoms with Gasteiger partial charge in [0.05, 0.1) is 17.4 Å². The van der Waals surface area contributed by atoms with E-state index in [9.17, 15) is 9.59 Å². The van der Waals surface area contributed by atoms with Crippen molar-refractivity contribution < 1.29 is 14.3 Å². The van der Waals surface area contributed by atoms with E-state index in [1.807, 2.05) is 18.0 Å². The minimum Gasteiger partial charge on any atom is -0.370 e. The molecule has 1 spiro atoms. The van der Waals surface area contributed by atoms with Gasteiger partial charge in [0.2, 0.25) is 5.91 Å². The molecule has 2 saturated heterocycles. The number of amides is 2. The van der Waals surface area contributed by atoms with Crippen LogP contribution in [0.1, 0.15) is 75.5 Å². The highest BCUT2D eigenvalue weighted by Crippen LogP contribution is 2.38. The Bertz CT molecular complexity index is 720. The number of aromatic nitrogens is 2. The van der Waals surface area contributed by atoms with Crippen molar-refractivity contribution in [1.82, 2.24) is 20.0 Å². The molecule has 29 heavy (non-hydrogen) atoms. The standard InChI is InChI=1S/C22H36N4O3/c1-5-6-17-14-19(25(4)24-17)21(28)23-15-18-7-8-22(29-18)9-11-26(12-10-22)20(27)13-16(2)3/h14,16,18H,5-13,15H2,1-4H3,(H,23,28). The number of carbonyl (C=O) groups excluding carboxylic acids is 2. The first-order valence-electron chi connectivity index (χ1n) is 11.1. The third-order valence-electron chi connectivity index (χ3n) is 6.11. The molecular weight excluding hydrogens is 368 g/mol. The number of likely N-dealkylation sites (tertiary alicyclic amines) is 1. The van der Waals surface area contributed by atoms with E-state index in [4.69, 9.17) is 4.74 Å². The predicted octanol–water partition coefficient (Wildman–Crippen LogP) is 2.69. The van der Waals surface area contributed by atoms with Crippen molar-refractivity contribution in [2.45, 2.75) is 77.4 Å². The van der Waals surface area contributed by atoms with Crippen molar-refractivity contribution in [3.63, 3.8) is 0 Å². The number of hydrogen-bond donors (Lipinski definition) is 1. The van der Waals surface area contributed by atoms with Gasteiger partial charge in [-0.3, -0.25) is 14.3 Å². The number of carbonyl (C=O) groups is 2. The molecule has 7 nitrogen and oxygen atoms in total. The molecule has 0 aliphatic carbocycles. The number of nitrogens with one attached hydrogen (secondary N) is 1. The first-order valence-corrected chi connectivity index (χ1v) is 11.1. The molecule has 1 atom stereocenters. The third-order valence-corrected chi connectivity index (χ3v) is 6.11. The summed E-state index contributed by atoms with van der Waals surface area (Å²) >= 11 is 0. The van der Waals surface area contributed by atoms with Crippen LogP contribution in [-0.4, -0.2) is 57.8 Å². The highest BCUT2D eigenvalue weighted by Gasteiger charge is 2.43. The number of aryl methyl sites for hydroxylation is 2. The minimum atomic E-state index is -0.120. The minimum absolute atomic E-state index is 0.0419. The highest BCUT2D eigenvalue weighted by molar-refractivity contribution is 5.92. The van der Waals surface area contributed by atoms with Crippen molar-refractivity contribution in [1.29, 1.82) is 0 Å². The Hall–Kier alpha value is -1.89. The largest absolute Gasteiger partial charge is 0.370 e. The van der Waals surface area contributed by atoms with Crippen LogP contribution >= 0.6 is 0 Å². The molecule has 1 unspecified atom stereocenters. The second kappa shape index (κ2) is 9.28. The molecule has 162 valence electrons. The van der Waals surface area contributed by atoms with E-state index in [0.29, 0.717) is 24.6 Å². The molecule has 3 heterocycles. The molecule has 2 aliphatic heterocycles. The van der Waals surface area contributed by atoms with Crippen LogP contribution < -0.4 is 5.32 Å². The van der Waals surface area contributed by atoms with Crippen LogP contribution in [0.4, 0.5) is 0 Å². The fraction of sp³-hybridized carbons (Fsp3) is 0.773. The molecular formula is C22H36N4O3. The van der Waals surface area contributed by atoms with Gasteiger partial charge in [-0.25, -0.2) is 0 Å². The predicted molar refractivity (Wildman–Crippen MR) is 112 cm³/mol. The first-order chi connectivity index (χ1) is 13.8. The molecule has 1 aromatic heterocycles. The fourth-order valence-electron chi connectivity index (χ4n) is 4.46. The summed E-state index contributed by atoms with van der Waals surface area (Å²) in [6.07, 6.45) is 6.30. The summed E-state index contributed by atoms with van der Waals surface area (Å²) in [7, 11) is 1.81. The lowest BCUT2D eigenvalue weighted by atomic mass is 9.88. The van der Waals surface area contributed by atoms with Gasteiger partial charge in [0, 0.05) is 33.1 Å². The van der Waals surface area contributed by atoms with Gasteiger partial charge in [-0.1, -0.05) is 27.2 Å². The third kappa shape index (κ3) is 5.38. The second-order valence-corrected chi connectivity index (χ2v) is 9.04. The van der Waals surface area contributed by atoms with Crippen molar-refractivity contribution in [3.05, 3.63) is 17.5 Å². The van der Waals surface area contributed by atoms with Gasteiger partial charge >= 0.3 is 0 Å². The van der Waals surface area contributed by atoms with Crippen LogP contribution in [0.25, 0.3) is 0 Å². The van der Waals surface area contributed by atoms with Gasteiger partial charge in [0.25, 0.3) is 5.91 Å². The summed E-state index contributed by atoms with van der Waals surface area (Å²) in [6.45, 7) is 8.34. The van der Waals surface area contributed by atoms with E-state index in [1.165, 1.54) is 0 Å².